The summed E-state index contributed by atoms with van der Waals surface area (Å²) in [6.45, 7) is 4.45. The van der Waals surface area contributed by atoms with Crippen molar-refractivity contribution in [3.63, 3.8) is 0 Å². The van der Waals surface area contributed by atoms with E-state index in [0.29, 0.717) is 17.3 Å². The topological polar surface area (TPSA) is 63.5 Å². The van der Waals surface area contributed by atoms with Crippen LogP contribution in [0.25, 0.3) is 11.0 Å². The van der Waals surface area contributed by atoms with Crippen molar-refractivity contribution in [1.82, 2.24) is 0 Å². The Morgan fingerprint density at radius 1 is 1.08 bits per heavy atom. The first-order valence-electron chi connectivity index (χ1n) is 7.90. The van der Waals surface area contributed by atoms with Gasteiger partial charge >= 0.3 is 5.63 Å². The van der Waals surface area contributed by atoms with Gasteiger partial charge in [0.15, 0.2) is 5.11 Å². The quantitative estimate of drug-likeness (QED) is 0.538. The average molecular weight is 354 g/mol. The third-order valence-corrected chi connectivity index (χ3v) is 3.84. The van der Waals surface area contributed by atoms with Gasteiger partial charge in [-0.25, -0.2) is 4.79 Å². The fraction of sp³-hybridized carbons (Fsp3) is 0.158. The second kappa shape index (κ2) is 7.36. The van der Waals surface area contributed by atoms with Crippen molar-refractivity contribution in [3.05, 3.63) is 64.5 Å². The van der Waals surface area contributed by atoms with Gasteiger partial charge in [0.05, 0.1) is 6.61 Å². The van der Waals surface area contributed by atoms with Crippen molar-refractivity contribution >= 4 is 39.7 Å². The third kappa shape index (κ3) is 4.16. The first-order chi connectivity index (χ1) is 12.0. The molecule has 0 fully saturated rings. The fourth-order valence-corrected chi connectivity index (χ4v) is 2.73. The maximum atomic E-state index is 11.5. The maximum absolute atomic E-state index is 11.5. The normalized spacial score (nSPS) is 10.5. The van der Waals surface area contributed by atoms with Gasteiger partial charge in [-0.15, -0.1) is 0 Å². The molecular weight excluding hydrogens is 336 g/mol. The number of hydrogen-bond donors (Lipinski definition) is 2. The standard InChI is InChI=1S/C19H18N2O3S/c1-3-23-15-7-4-13(5-8-15)20-19(25)21-14-6-9-16-12(2)10-18(22)24-17(16)11-14/h4-11H,3H2,1-2H3,(H2,20,21,25). The number of aryl methyl sites for hydroxylation is 1. The van der Waals surface area contributed by atoms with E-state index in [1.54, 1.807) is 6.07 Å². The summed E-state index contributed by atoms with van der Waals surface area (Å²) in [5.74, 6) is 0.812. The smallest absolute Gasteiger partial charge is 0.336 e. The van der Waals surface area contributed by atoms with Gasteiger partial charge in [0, 0.05) is 28.9 Å². The summed E-state index contributed by atoms with van der Waals surface area (Å²) in [5, 5.41) is 7.53. The zero-order chi connectivity index (χ0) is 17.8. The molecule has 0 aliphatic rings. The number of benzene rings is 2. The lowest BCUT2D eigenvalue weighted by Gasteiger charge is -2.12. The van der Waals surface area contributed by atoms with Gasteiger partial charge in [-0.1, -0.05) is 0 Å². The summed E-state index contributed by atoms with van der Waals surface area (Å²) in [6, 6.07) is 14.6. The molecule has 25 heavy (non-hydrogen) atoms. The largest absolute Gasteiger partial charge is 0.494 e. The summed E-state index contributed by atoms with van der Waals surface area (Å²) < 4.78 is 10.7. The molecule has 3 rings (SSSR count). The minimum atomic E-state index is -0.364. The summed E-state index contributed by atoms with van der Waals surface area (Å²) in [6.07, 6.45) is 0. The first kappa shape index (κ1) is 17.0. The van der Waals surface area contributed by atoms with Crippen molar-refractivity contribution < 1.29 is 9.15 Å². The van der Waals surface area contributed by atoms with Crippen molar-refractivity contribution in [2.24, 2.45) is 0 Å². The van der Waals surface area contributed by atoms with Gasteiger partial charge in [-0.05, 0) is 68.0 Å². The van der Waals surface area contributed by atoms with E-state index in [0.717, 1.165) is 28.1 Å². The van der Waals surface area contributed by atoms with Gasteiger partial charge in [0.25, 0.3) is 0 Å². The Morgan fingerprint density at radius 2 is 1.76 bits per heavy atom. The molecule has 0 saturated heterocycles. The van der Waals surface area contributed by atoms with Crippen molar-refractivity contribution in [2.75, 3.05) is 17.2 Å². The van der Waals surface area contributed by atoms with Gasteiger partial charge in [-0.2, -0.15) is 0 Å². The molecule has 0 spiro atoms. The molecule has 6 heteroatoms. The number of hydrogen-bond acceptors (Lipinski definition) is 4. The van der Waals surface area contributed by atoms with Crippen LogP contribution in [0, 0.1) is 6.92 Å². The maximum Gasteiger partial charge on any atom is 0.336 e. The minimum absolute atomic E-state index is 0.364. The lowest BCUT2D eigenvalue weighted by Crippen LogP contribution is -2.19. The van der Waals surface area contributed by atoms with Crippen LogP contribution in [0.3, 0.4) is 0 Å². The highest BCUT2D eigenvalue weighted by Crippen LogP contribution is 2.21. The lowest BCUT2D eigenvalue weighted by atomic mass is 10.1. The molecule has 1 aromatic heterocycles. The summed E-state index contributed by atoms with van der Waals surface area (Å²) >= 11 is 5.33. The molecule has 2 aromatic carbocycles. The van der Waals surface area contributed by atoms with E-state index in [2.05, 4.69) is 10.6 Å². The van der Waals surface area contributed by atoms with Crippen molar-refractivity contribution in [1.29, 1.82) is 0 Å². The number of thiocarbonyl (C=S) groups is 1. The Labute approximate surface area is 150 Å². The molecule has 0 unspecified atom stereocenters. The highest BCUT2D eigenvalue weighted by Gasteiger charge is 2.05. The zero-order valence-electron chi connectivity index (χ0n) is 14.0. The van der Waals surface area contributed by atoms with Gasteiger partial charge in [0.1, 0.15) is 11.3 Å². The van der Waals surface area contributed by atoms with Crippen LogP contribution in [0.4, 0.5) is 11.4 Å². The van der Waals surface area contributed by atoms with E-state index in [4.69, 9.17) is 21.4 Å². The number of anilines is 2. The predicted molar refractivity (Wildman–Crippen MR) is 105 cm³/mol. The Bertz CT molecular complexity index is 965. The van der Waals surface area contributed by atoms with E-state index < -0.39 is 0 Å². The third-order valence-electron chi connectivity index (χ3n) is 3.63. The van der Waals surface area contributed by atoms with E-state index in [1.165, 1.54) is 6.07 Å². The molecule has 5 nitrogen and oxygen atoms in total. The number of fused-ring (bicyclic) bond motifs is 1. The van der Waals surface area contributed by atoms with Gasteiger partial charge in [0.2, 0.25) is 0 Å². The van der Waals surface area contributed by atoms with Gasteiger partial charge in [-0.3, -0.25) is 0 Å². The molecule has 0 atom stereocenters. The number of nitrogens with one attached hydrogen (secondary N) is 2. The predicted octanol–water partition coefficient (Wildman–Crippen LogP) is 4.31. The van der Waals surface area contributed by atoms with Crippen LogP contribution in [0.1, 0.15) is 12.5 Å². The van der Waals surface area contributed by atoms with Crippen molar-refractivity contribution in [2.45, 2.75) is 13.8 Å². The molecule has 0 saturated carbocycles. The van der Waals surface area contributed by atoms with Crippen LogP contribution < -0.4 is 21.0 Å². The van der Waals surface area contributed by atoms with Crippen LogP contribution in [0.2, 0.25) is 0 Å². The lowest BCUT2D eigenvalue weighted by molar-refractivity contribution is 0.340. The molecule has 3 aromatic rings. The van der Waals surface area contributed by atoms with Gasteiger partial charge < -0.3 is 19.8 Å². The molecule has 0 aliphatic carbocycles. The Hall–Kier alpha value is -2.86. The van der Waals surface area contributed by atoms with E-state index in [9.17, 15) is 4.79 Å². The molecule has 128 valence electrons. The van der Waals surface area contributed by atoms with E-state index >= 15 is 0 Å². The Balaban J connectivity index is 1.72. The number of rotatable bonds is 4. The molecule has 0 aliphatic heterocycles. The average Bonchev–Trinajstić information content (AvgIpc) is 2.56. The first-order valence-corrected chi connectivity index (χ1v) is 8.31. The van der Waals surface area contributed by atoms with Crippen LogP contribution in [-0.4, -0.2) is 11.7 Å². The highest BCUT2D eigenvalue weighted by atomic mass is 32.1. The fourth-order valence-electron chi connectivity index (χ4n) is 2.50. The summed E-state index contributed by atoms with van der Waals surface area (Å²) in [7, 11) is 0. The van der Waals surface area contributed by atoms with Crippen molar-refractivity contribution in [3.8, 4) is 5.75 Å². The van der Waals surface area contributed by atoms with E-state index in [1.807, 2.05) is 50.2 Å². The Kier molecular flexibility index (Phi) is 5.00. The second-order valence-corrected chi connectivity index (χ2v) is 5.90. The molecular formula is C19H18N2O3S. The number of ether oxygens (including phenoxy) is 1. The van der Waals surface area contributed by atoms with Crippen LogP contribution in [0.15, 0.2) is 57.7 Å². The monoisotopic (exact) mass is 354 g/mol. The van der Waals surface area contributed by atoms with Crippen LogP contribution in [0.5, 0.6) is 5.75 Å². The molecule has 0 bridgehead atoms. The summed E-state index contributed by atoms with van der Waals surface area (Å²) in [5.41, 5.74) is 2.64. The molecule has 2 N–H and O–H groups in total. The molecule has 0 radical (unpaired) electrons. The molecule has 1 heterocycles. The summed E-state index contributed by atoms with van der Waals surface area (Å²) in [4.78, 5) is 11.5. The molecule has 0 amide bonds. The zero-order valence-corrected chi connectivity index (χ0v) is 14.8. The SMILES string of the molecule is CCOc1ccc(NC(=S)Nc2ccc3c(C)cc(=O)oc3c2)cc1. The second-order valence-electron chi connectivity index (χ2n) is 5.50. The Morgan fingerprint density at radius 3 is 2.48 bits per heavy atom. The minimum Gasteiger partial charge on any atom is -0.494 e. The van der Waals surface area contributed by atoms with Crippen LogP contribution >= 0.6 is 12.2 Å². The van der Waals surface area contributed by atoms with Crippen LogP contribution in [-0.2, 0) is 0 Å². The highest BCUT2D eigenvalue weighted by molar-refractivity contribution is 7.80. The van der Waals surface area contributed by atoms with E-state index in [-0.39, 0.29) is 5.63 Å².